The van der Waals surface area contributed by atoms with E-state index in [2.05, 4.69) is 4.98 Å². The van der Waals surface area contributed by atoms with E-state index in [0.29, 0.717) is 11.3 Å². The Balaban J connectivity index is 1.80. The van der Waals surface area contributed by atoms with E-state index in [1.165, 1.54) is 0 Å². The number of hydrogen-bond acceptors (Lipinski definition) is 4. The SMILES string of the molecule is CN(C)c1ccc(C2C(=O)c3cc4ccccc4nc3C2=O)cc1. The molecule has 1 aliphatic rings. The number of anilines is 1. The minimum absolute atomic E-state index is 0.161. The van der Waals surface area contributed by atoms with Crippen LogP contribution < -0.4 is 4.90 Å². The Labute approximate surface area is 139 Å². The summed E-state index contributed by atoms with van der Waals surface area (Å²) in [5, 5.41) is 0.876. The number of benzene rings is 2. The highest BCUT2D eigenvalue weighted by molar-refractivity contribution is 6.29. The van der Waals surface area contributed by atoms with Gasteiger partial charge in [-0.15, -0.1) is 0 Å². The molecule has 4 rings (SSSR count). The Morgan fingerprint density at radius 2 is 1.62 bits per heavy atom. The van der Waals surface area contributed by atoms with Gasteiger partial charge in [-0.2, -0.15) is 0 Å². The van der Waals surface area contributed by atoms with E-state index < -0.39 is 5.92 Å². The van der Waals surface area contributed by atoms with Crippen LogP contribution in [0.5, 0.6) is 0 Å². The lowest BCUT2D eigenvalue weighted by molar-refractivity contribution is 0.0888. The summed E-state index contributed by atoms with van der Waals surface area (Å²) in [6, 6.07) is 16.8. The lowest BCUT2D eigenvalue weighted by atomic mass is 9.94. The molecule has 0 amide bonds. The highest BCUT2D eigenvalue weighted by Crippen LogP contribution is 2.35. The zero-order chi connectivity index (χ0) is 16.8. The molecule has 1 aliphatic carbocycles. The predicted octanol–water partition coefficient (Wildman–Crippen LogP) is 3.46. The van der Waals surface area contributed by atoms with Gasteiger partial charge in [-0.1, -0.05) is 30.3 Å². The van der Waals surface area contributed by atoms with E-state index in [0.717, 1.165) is 22.2 Å². The molecule has 1 aromatic heterocycles. The van der Waals surface area contributed by atoms with Crippen LogP contribution in [0.1, 0.15) is 32.3 Å². The van der Waals surface area contributed by atoms with Crippen molar-refractivity contribution in [1.29, 1.82) is 0 Å². The first kappa shape index (κ1) is 14.6. The highest BCUT2D eigenvalue weighted by atomic mass is 16.2. The van der Waals surface area contributed by atoms with Crippen molar-refractivity contribution >= 4 is 28.2 Å². The molecule has 24 heavy (non-hydrogen) atoms. The normalized spacial score (nSPS) is 16.5. The maximum absolute atomic E-state index is 12.8. The van der Waals surface area contributed by atoms with E-state index in [4.69, 9.17) is 0 Å². The maximum atomic E-state index is 12.8. The van der Waals surface area contributed by atoms with Crippen LogP contribution >= 0.6 is 0 Å². The van der Waals surface area contributed by atoms with Crippen molar-refractivity contribution in [3.05, 3.63) is 71.4 Å². The summed E-state index contributed by atoms with van der Waals surface area (Å²) in [6.45, 7) is 0. The number of rotatable bonds is 2. The minimum atomic E-state index is -0.777. The summed E-state index contributed by atoms with van der Waals surface area (Å²) < 4.78 is 0. The third kappa shape index (κ3) is 2.11. The molecule has 2 aromatic carbocycles. The first-order valence-electron chi connectivity index (χ1n) is 7.82. The van der Waals surface area contributed by atoms with Gasteiger partial charge in [-0.05, 0) is 29.8 Å². The Kier molecular flexibility index (Phi) is 3.20. The fraction of sp³-hybridized carbons (Fsp3) is 0.150. The second-order valence-corrected chi connectivity index (χ2v) is 6.22. The first-order chi connectivity index (χ1) is 11.6. The number of fused-ring (bicyclic) bond motifs is 2. The zero-order valence-electron chi connectivity index (χ0n) is 13.5. The second kappa shape index (κ2) is 5.27. The van der Waals surface area contributed by atoms with Crippen LogP contribution in [0.3, 0.4) is 0 Å². The highest BCUT2D eigenvalue weighted by Gasteiger charge is 2.41. The van der Waals surface area contributed by atoms with E-state index in [1.54, 1.807) is 6.07 Å². The average molecular weight is 316 g/mol. The van der Waals surface area contributed by atoms with Gasteiger partial charge in [0.15, 0.2) is 11.6 Å². The Morgan fingerprint density at radius 3 is 2.33 bits per heavy atom. The molecule has 1 heterocycles. The number of Topliss-reactive ketones (excluding diaryl/α,β-unsaturated/α-hetero) is 2. The average Bonchev–Trinajstić information content (AvgIpc) is 2.84. The number of carbonyl (C=O) groups is 2. The quantitative estimate of drug-likeness (QED) is 0.679. The summed E-state index contributed by atoms with van der Waals surface area (Å²) in [7, 11) is 3.90. The Hall–Kier alpha value is -3.01. The van der Waals surface area contributed by atoms with Gasteiger partial charge in [0, 0.05) is 30.7 Å². The van der Waals surface area contributed by atoms with E-state index in [9.17, 15) is 9.59 Å². The van der Waals surface area contributed by atoms with Crippen LogP contribution in [0.4, 0.5) is 5.69 Å². The molecule has 0 saturated carbocycles. The van der Waals surface area contributed by atoms with Crippen LogP contribution in [0.15, 0.2) is 54.6 Å². The number of nitrogens with zero attached hydrogens (tertiary/aromatic N) is 2. The number of ketones is 2. The molecule has 4 heteroatoms. The summed E-state index contributed by atoms with van der Waals surface area (Å²) in [4.78, 5) is 32.0. The van der Waals surface area contributed by atoms with Crippen molar-refractivity contribution in [2.24, 2.45) is 0 Å². The van der Waals surface area contributed by atoms with Gasteiger partial charge in [0.05, 0.1) is 5.52 Å². The zero-order valence-corrected chi connectivity index (χ0v) is 13.5. The standard InChI is InChI=1S/C20H16N2O2/c1-22(2)14-9-7-12(8-10-14)17-19(23)15-11-13-5-3-4-6-16(13)21-18(15)20(17)24/h3-11,17H,1-2H3. The maximum Gasteiger partial charge on any atom is 0.197 e. The van der Waals surface area contributed by atoms with Crippen LogP contribution in [-0.4, -0.2) is 30.6 Å². The lowest BCUT2D eigenvalue weighted by Gasteiger charge is -2.14. The predicted molar refractivity (Wildman–Crippen MR) is 93.9 cm³/mol. The lowest BCUT2D eigenvalue weighted by Crippen LogP contribution is -2.14. The molecule has 0 fully saturated rings. The van der Waals surface area contributed by atoms with Gasteiger partial charge >= 0.3 is 0 Å². The third-order valence-corrected chi connectivity index (χ3v) is 4.49. The fourth-order valence-electron chi connectivity index (χ4n) is 3.17. The third-order valence-electron chi connectivity index (χ3n) is 4.49. The fourth-order valence-corrected chi connectivity index (χ4v) is 3.17. The van der Waals surface area contributed by atoms with Crippen LogP contribution in [0.25, 0.3) is 10.9 Å². The molecule has 4 nitrogen and oxygen atoms in total. The molecule has 0 N–H and O–H groups in total. The first-order valence-corrected chi connectivity index (χ1v) is 7.82. The van der Waals surface area contributed by atoms with E-state index in [-0.39, 0.29) is 11.6 Å². The second-order valence-electron chi connectivity index (χ2n) is 6.22. The molecule has 0 radical (unpaired) electrons. The van der Waals surface area contributed by atoms with E-state index in [1.807, 2.05) is 67.5 Å². The molecule has 1 unspecified atom stereocenters. The topological polar surface area (TPSA) is 50.3 Å². The Bertz CT molecular complexity index is 920. The molecular formula is C20H16N2O2. The van der Waals surface area contributed by atoms with Gasteiger partial charge in [0.25, 0.3) is 0 Å². The summed E-state index contributed by atoms with van der Waals surface area (Å²) in [6.07, 6.45) is 0. The summed E-state index contributed by atoms with van der Waals surface area (Å²) >= 11 is 0. The molecule has 0 spiro atoms. The van der Waals surface area contributed by atoms with Crippen molar-refractivity contribution in [2.75, 3.05) is 19.0 Å². The molecule has 0 bridgehead atoms. The van der Waals surface area contributed by atoms with Crippen molar-refractivity contribution in [3.63, 3.8) is 0 Å². The van der Waals surface area contributed by atoms with Crippen LogP contribution in [-0.2, 0) is 0 Å². The molecule has 0 aliphatic heterocycles. The largest absolute Gasteiger partial charge is 0.378 e. The van der Waals surface area contributed by atoms with Crippen molar-refractivity contribution in [3.8, 4) is 0 Å². The van der Waals surface area contributed by atoms with E-state index >= 15 is 0 Å². The number of pyridine rings is 1. The van der Waals surface area contributed by atoms with Gasteiger partial charge in [0.2, 0.25) is 0 Å². The smallest absolute Gasteiger partial charge is 0.197 e. The molecule has 0 saturated heterocycles. The monoisotopic (exact) mass is 316 g/mol. The Morgan fingerprint density at radius 1 is 0.917 bits per heavy atom. The molecular weight excluding hydrogens is 300 g/mol. The van der Waals surface area contributed by atoms with Crippen molar-refractivity contribution < 1.29 is 9.59 Å². The molecule has 3 aromatic rings. The number of aromatic nitrogens is 1. The summed E-state index contributed by atoms with van der Waals surface area (Å²) in [5.41, 5.74) is 3.21. The van der Waals surface area contributed by atoms with Gasteiger partial charge in [0.1, 0.15) is 11.6 Å². The molecule has 118 valence electrons. The minimum Gasteiger partial charge on any atom is -0.378 e. The van der Waals surface area contributed by atoms with Gasteiger partial charge in [-0.25, -0.2) is 4.98 Å². The van der Waals surface area contributed by atoms with Gasteiger partial charge in [-0.3, -0.25) is 9.59 Å². The summed E-state index contributed by atoms with van der Waals surface area (Å²) in [5.74, 6) is -1.15. The van der Waals surface area contributed by atoms with Crippen molar-refractivity contribution in [2.45, 2.75) is 5.92 Å². The van der Waals surface area contributed by atoms with Crippen molar-refractivity contribution in [1.82, 2.24) is 4.98 Å². The van der Waals surface area contributed by atoms with Gasteiger partial charge < -0.3 is 4.90 Å². The molecule has 1 atom stereocenters. The number of hydrogen-bond donors (Lipinski definition) is 0. The van der Waals surface area contributed by atoms with Crippen LogP contribution in [0, 0.1) is 0 Å². The number of carbonyl (C=O) groups excluding carboxylic acids is 2. The van der Waals surface area contributed by atoms with Crippen LogP contribution in [0.2, 0.25) is 0 Å². The number of para-hydroxylation sites is 1.